The minimum absolute atomic E-state index is 0.0219. The molecule has 3 atom stereocenters. The third-order valence-electron chi connectivity index (χ3n) is 5.16. The van der Waals surface area contributed by atoms with Gasteiger partial charge in [0.15, 0.2) is 0 Å². The van der Waals surface area contributed by atoms with Crippen molar-refractivity contribution in [2.75, 3.05) is 6.54 Å². The van der Waals surface area contributed by atoms with E-state index < -0.39 is 0 Å². The van der Waals surface area contributed by atoms with Gasteiger partial charge in [-0.05, 0) is 51.7 Å². The summed E-state index contributed by atoms with van der Waals surface area (Å²) in [7, 11) is 0. The summed E-state index contributed by atoms with van der Waals surface area (Å²) < 4.78 is 5.58. The minimum Gasteiger partial charge on any atom is -0.489 e. The summed E-state index contributed by atoms with van der Waals surface area (Å²) in [5.41, 5.74) is 0.461. The lowest BCUT2D eigenvalue weighted by atomic mass is 9.80. The number of hydrogen-bond acceptors (Lipinski definition) is 4. The Morgan fingerprint density at radius 3 is 2.71 bits per heavy atom. The highest BCUT2D eigenvalue weighted by molar-refractivity contribution is 5.92. The zero-order chi connectivity index (χ0) is 17.1. The van der Waals surface area contributed by atoms with Crippen LogP contribution in [0.1, 0.15) is 62.9 Å². The molecule has 1 N–H and O–H groups in total. The van der Waals surface area contributed by atoms with Crippen LogP contribution in [0.15, 0.2) is 18.3 Å². The average Bonchev–Trinajstić information content (AvgIpc) is 3.04. The van der Waals surface area contributed by atoms with E-state index in [1.54, 1.807) is 18.3 Å². The molecule has 24 heavy (non-hydrogen) atoms. The highest BCUT2D eigenvalue weighted by atomic mass is 16.5. The number of pyridine rings is 1. The Morgan fingerprint density at radius 2 is 2.04 bits per heavy atom. The van der Waals surface area contributed by atoms with Crippen LogP contribution in [0.4, 0.5) is 0 Å². The lowest BCUT2D eigenvalue weighted by Gasteiger charge is -2.37. The van der Waals surface area contributed by atoms with Gasteiger partial charge in [-0.2, -0.15) is 0 Å². The maximum atomic E-state index is 12.9. The van der Waals surface area contributed by atoms with Crippen molar-refractivity contribution < 1.29 is 14.6 Å². The Balaban J connectivity index is 1.71. The molecule has 1 aromatic heterocycles. The summed E-state index contributed by atoms with van der Waals surface area (Å²) in [5, 5.41) is 10.3. The van der Waals surface area contributed by atoms with Gasteiger partial charge >= 0.3 is 0 Å². The fourth-order valence-corrected chi connectivity index (χ4v) is 4.07. The molecule has 5 nitrogen and oxygen atoms in total. The molecule has 132 valence electrons. The maximum absolute atomic E-state index is 12.9. The van der Waals surface area contributed by atoms with Gasteiger partial charge in [0, 0.05) is 18.5 Å². The summed E-state index contributed by atoms with van der Waals surface area (Å²) in [5.74, 6) is 0.877. The molecule has 0 spiro atoms. The largest absolute Gasteiger partial charge is 0.489 e. The average molecular weight is 332 g/mol. The second-order valence-electron chi connectivity index (χ2n) is 7.27. The van der Waals surface area contributed by atoms with Crippen LogP contribution in [0.2, 0.25) is 0 Å². The van der Waals surface area contributed by atoms with Crippen molar-refractivity contribution in [2.45, 2.75) is 70.6 Å². The highest BCUT2D eigenvalue weighted by Crippen LogP contribution is 2.35. The van der Waals surface area contributed by atoms with Gasteiger partial charge in [0.1, 0.15) is 11.4 Å². The number of nitrogens with zero attached hydrogens (tertiary/aromatic N) is 2. The van der Waals surface area contributed by atoms with Crippen molar-refractivity contribution in [1.29, 1.82) is 0 Å². The number of carbonyl (C=O) groups excluding carboxylic acids is 1. The van der Waals surface area contributed by atoms with Crippen LogP contribution in [-0.2, 0) is 0 Å². The second-order valence-corrected chi connectivity index (χ2v) is 7.27. The quantitative estimate of drug-likeness (QED) is 0.920. The van der Waals surface area contributed by atoms with Gasteiger partial charge in [-0.15, -0.1) is 0 Å². The Morgan fingerprint density at radius 1 is 1.25 bits per heavy atom. The van der Waals surface area contributed by atoms with E-state index in [2.05, 4.69) is 4.98 Å². The molecule has 0 radical (unpaired) electrons. The van der Waals surface area contributed by atoms with Gasteiger partial charge < -0.3 is 14.7 Å². The van der Waals surface area contributed by atoms with Crippen LogP contribution in [0.3, 0.4) is 0 Å². The first-order chi connectivity index (χ1) is 11.6. The SMILES string of the molecule is CC(C)Oc1ccc(C(=O)N2CCCC2C2CCCCC2O)nc1. The fourth-order valence-electron chi connectivity index (χ4n) is 4.07. The molecule has 1 aliphatic carbocycles. The van der Waals surface area contributed by atoms with Crippen LogP contribution in [0.25, 0.3) is 0 Å². The van der Waals surface area contributed by atoms with Crippen molar-refractivity contribution in [1.82, 2.24) is 9.88 Å². The Hall–Kier alpha value is -1.62. The summed E-state index contributed by atoms with van der Waals surface area (Å²) in [6, 6.07) is 3.70. The molecule has 2 aliphatic rings. The van der Waals surface area contributed by atoms with Crippen molar-refractivity contribution >= 4 is 5.91 Å². The van der Waals surface area contributed by atoms with Crippen molar-refractivity contribution in [3.05, 3.63) is 24.0 Å². The molecule has 1 aliphatic heterocycles. The van der Waals surface area contributed by atoms with Gasteiger partial charge in [-0.1, -0.05) is 12.8 Å². The van der Waals surface area contributed by atoms with E-state index in [1.807, 2.05) is 18.7 Å². The summed E-state index contributed by atoms with van der Waals surface area (Å²) in [6.45, 7) is 4.69. The van der Waals surface area contributed by atoms with Crippen LogP contribution in [0.5, 0.6) is 5.75 Å². The first kappa shape index (κ1) is 17.2. The van der Waals surface area contributed by atoms with E-state index in [4.69, 9.17) is 4.74 Å². The number of rotatable bonds is 4. The number of ether oxygens (including phenoxy) is 1. The second kappa shape index (κ2) is 7.51. The van der Waals surface area contributed by atoms with Gasteiger partial charge in [-0.3, -0.25) is 4.79 Å². The lowest BCUT2D eigenvalue weighted by molar-refractivity contribution is 0.0209. The smallest absolute Gasteiger partial charge is 0.272 e. The van der Waals surface area contributed by atoms with Crippen LogP contribution in [0, 0.1) is 5.92 Å². The Kier molecular flexibility index (Phi) is 5.39. The number of aromatic nitrogens is 1. The van der Waals surface area contributed by atoms with E-state index in [9.17, 15) is 9.90 Å². The van der Waals surface area contributed by atoms with E-state index in [-0.39, 0.29) is 30.1 Å². The molecule has 1 amide bonds. The Bertz CT molecular complexity index is 558. The molecular weight excluding hydrogens is 304 g/mol. The first-order valence-corrected chi connectivity index (χ1v) is 9.18. The van der Waals surface area contributed by atoms with E-state index in [1.165, 1.54) is 0 Å². The van der Waals surface area contributed by atoms with Crippen molar-refractivity contribution in [2.24, 2.45) is 5.92 Å². The third kappa shape index (κ3) is 3.72. The number of amides is 1. The molecule has 0 bridgehead atoms. The molecule has 5 heteroatoms. The predicted octanol–water partition coefficient (Wildman–Crippen LogP) is 3.02. The number of aliphatic hydroxyl groups is 1. The molecule has 1 saturated carbocycles. The van der Waals surface area contributed by atoms with Crippen molar-refractivity contribution in [3.8, 4) is 5.75 Å². The molecular formula is C19H28N2O3. The minimum atomic E-state index is -0.271. The lowest BCUT2D eigenvalue weighted by Crippen LogP contribution is -2.45. The molecule has 3 rings (SSSR count). The molecule has 1 aromatic rings. The van der Waals surface area contributed by atoms with Crippen molar-refractivity contribution in [3.63, 3.8) is 0 Å². The summed E-state index contributed by atoms with van der Waals surface area (Å²) >= 11 is 0. The fraction of sp³-hybridized carbons (Fsp3) is 0.684. The molecule has 3 unspecified atom stereocenters. The van der Waals surface area contributed by atoms with Crippen LogP contribution >= 0.6 is 0 Å². The number of carbonyl (C=O) groups is 1. The normalized spacial score (nSPS) is 27.5. The van der Waals surface area contributed by atoms with Crippen LogP contribution < -0.4 is 4.74 Å². The van der Waals surface area contributed by atoms with Gasteiger partial charge in [0.25, 0.3) is 5.91 Å². The van der Waals surface area contributed by atoms with E-state index >= 15 is 0 Å². The van der Waals surface area contributed by atoms with E-state index in [0.29, 0.717) is 11.4 Å². The topological polar surface area (TPSA) is 62.7 Å². The van der Waals surface area contributed by atoms with E-state index in [0.717, 1.165) is 45.1 Å². The summed E-state index contributed by atoms with van der Waals surface area (Å²) in [6.07, 6.45) is 7.56. The molecule has 2 heterocycles. The van der Waals surface area contributed by atoms with Gasteiger partial charge in [0.2, 0.25) is 0 Å². The molecule has 2 fully saturated rings. The number of aliphatic hydroxyl groups excluding tert-OH is 1. The molecule has 1 saturated heterocycles. The zero-order valence-corrected chi connectivity index (χ0v) is 14.6. The number of likely N-dealkylation sites (tertiary alicyclic amines) is 1. The standard InChI is InChI=1S/C19H28N2O3/c1-13(2)24-14-9-10-16(20-12-14)19(23)21-11-5-7-17(21)15-6-3-4-8-18(15)22/h9-10,12-13,15,17-18,22H,3-8,11H2,1-2H3. The zero-order valence-electron chi connectivity index (χ0n) is 14.6. The third-order valence-corrected chi connectivity index (χ3v) is 5.16. The monoisotopic (exact) mass is 332 g/mol. The first-order valence-electron chi connectivity index (χ1n) is 9.18. The predicted molar refractivity (Wildman–Crippen MR) is 92.0 cm³/mol. The van der Waals surface area contributed by atoms with Gasteiger partial charge in [0.05, 0.1) is 18.4 Å². The number of hydrogen-bond donors (Lipinski definition) is 1. The molecule has 0 aromatic carbocycles. The highest BCUT2D eigenvalue weighted by Gasteiger charge is 2.39. The van der Waals surface area contributed by atoms with Crippen LogP contribution in [-0.4, -0.2) is 45.7 Å². The maximum Gasteiger partial charge on any atom is 0.272 e. The Labute approximate surface area is 144 Å². The van der Waals surface area contributed by atoms with Gasteiger partial charge in [-0.25, -0.2) is 4.98 Å². The summed E-state index contributed by atoms with van der Waals surface area (Å²) in [4.78, 5) is 19.1.